The molecule has 1 heterocycles. The monoisotopic (exact) mass is 371 g/mol. The van der Waals surface area contributed by atoms with E-state index in [4.69, 9.17) is 17.2 Å². The lowest BCUT2D eigenvalue weighted by Gasteiger charge is -2.20. The van der Waals surface area contributed by atoms with Crippen LogP contribution in [-0.4, -0.2) is 28.5 Å². The average Bonchev–Trinajstić information content (AvgIpc) is 2.92. The molecule has 1 aliphatic rings. The zero-order chi connectivity index (χ0) is 18.0. The van der Waals surface area contributed by atoms with Crippen LogP contribution in [0.15, 0.2) is 59.6 Å². The topological polar surface area (TPSA) is 44.7 Å². The normalized spacial score (nSPS) is 20.8. The zero-order valence-corrected chi connectivity index (χ0v) is 16.2. The van der Waals surface area contributed by atoms with Crippen molar-refractivity contribution in [2.75, 3.05) is 19.0 Å². The Labute approximate surface area is 156 Å². The van der Waals surface area contributed by atoms with E-state index in [1.54, 1.807) is 0 Å². The van der Waals surface area contributed by atoms with Crippen LogP contribution in [0.4, 0.5) is 5.69 Å². The SMILES string of the molecule is CN(C)c1ccccc1CS(=O)C1=NC(C)(c2ccccc2)C(=S)N1. The lowest BCUT2D eigenvalue weighted by Crippen LogP contribution is -2.34. The lowest BCUT2D eigenvalue weighted by atomic mass is 9.93. The maximum Gasteiger partial charge on any atom is 0.194 e. The number of hydrogen-bond donors (Lipinski definition) is 1. The standard InChI is InChI=1S/C19H21N3OS2/c1-19(15-10-5-4-6-11-15)17(24)20-18(21-19)25(23)13-14-9-7-8-12-16(14)22(2)3/h4-12H,13H2,1-3H3,(H,20,21,24). The summed E-state index contributed by atoms with van der Waals surface area (Å²) in [5.41, 5.74) is 2.41. The molecule has 2 unspecified atom stereocenters. The van der Waals surface area contributed by atoms with Gasteiger partial charge < -0.3 is 10.2 Å². The molecular weight excluding hydrogens is 350 g/mol. The Balaban J connectivity index is 1.87. The van der Waals surface area contributed by atoms with Gasteiger partial charge in [0, 0.05) is 19.8 Å². The minimum absolute atomic E-state index is 0.396. The molecule has 6 heteroatoms. The second-order valence-electron chi connectivity index (χ2n) is 6.32. The predicted octanol–water partition coefficient (Wildman–Crippen LogP) is 3.20. The molecular formula is C19H21N3OS2. The number of nitrogens with one attached hydrogen (secondary N) is 1. The van der Waals surface area contributed by atoms with Crippen LogP contribution >= 0.6 is 12.2 Å². The third-order valence-corrected chi connectivity index (χ3v) is 6.00. The molecule has 2 aromatic rings. The number of thiocarbonyl (C=S) groups is 1. The number of aliphatic imine (C=N–C) groups is 1. The number of benzene rings is 2. The first kappa shape index (κ1) is 17.8. The van der Waals surface area contributed by atoms with Crippen LogP contribution in [-0.2, 0) is 22.1 Å². The molecule has 1 aliphatic heterocycles. The molecule has 0 amide bonds. The first-order chi connectivity index (χ1) is 11.9. The smallest absolute Gasteiger partial charge is 0.194 e. The second kappa shape index (κ2) is 7.06. The number of amidine groups is 1. The highest BCUT2D eigenvalue weighted by atomic mass is 32.2. The van der Waals surface area contributed by atoms with E-state index in [0.717, 1.165) is 16.8 Å². The van der Waals surface area contributed by atoms with Crippen LogP contribution in [0.2, 0.25) is 0 Å². The quantitative estimate of drug-likeness (QED) is 0.839. The molecule has 130 valence electrons. The summed E-state index contributed by atoms with van der Waals surface area (Å²) in [5.74, 6) is 0.396. The van der Waals surface area contributed by atoms with Gasteiger partial charge in [-0.3, -0.25) is 4.21 Å². The Morgan fingerprint density at radius 1 is 1.12 bits per heavy atom. The average molecular weight is 372 g/mol. The molecule has 3 rings (SSSR count). The van der Waals surface area contributed by atoms with Gasteiger partial charge in [0.05, 0.1) is 16.6 Å². The van der Waals surface area contributed by atoms with Gasteiger partial charge in [0.2, 0.25) is 0 Å². The minimum Gasteiger partial charge on any atom is -0.377 e. The Bertz CT molecular complexity index is 849. The first-order valence-electron chi connectivity index (χ1n) is 8.02. The summed E-state index contributed by atoms with van der Waals surface area (Å²) in [7, 11) is 2.67. The fourth-order valence-corrected chi connectivity index (χ4v) is 4.33. The molecule has 0 aliphatic carbocycles. The van der Waals surface area contributed by atoms with Crippen LogP contribution in [0, 0.1) is 0 Å². The summed E-state index contributed by atoms with van der Waals surface area (Å²) in [6.45, 7) is 1.95. The van der Waals surface area contributed by atoms with Gasteiger partial charge in [-0.05, 0) is 24.1 Å². The van der Waals surface area contributed by atoms with Crippen LogP contribution in [0.25, 0.3) is 0 Å². The van der Waals surface area contributed by atoms with E-state index in [9.17, 15) is 4.21 Å². The Morgan fingerprint density at radius 2 is 1.76 bits per heavy atom. The fourth-order valence-electron chi connectivity index (χ4n) is 2.85. The summed E-state index contributed by atoms with van der Waals surface area (Å²) >= 11 is 5.50. The van der Waals surface area contributed by atoms with Gasteiger partial charge >= 0.3 is 0 Å². The van der Waals surface area contributed by atoms with Gasteiger partial charge in [0.1, 0.15) is 10.5 Å². The molecule has 0 aromatic heterocycles. The third-order valence-electron chi connectivity index (χ3n) is 4.30. The highest BCUT2D eigenvalue weighted by Crippen LogP contribution is 2.31. The molecule has 0 saturated carbocycles. The van der Waals surface area contributed by atoms with Crippen molar-refractivity contribution < 1.29 is 4.21 Å². The molecule has 1 N–H and O–H groups in total. The van der Waals surface area contributed by atoms with E-state index >= 15 is 0 Å². The summed E-state index contributed by atoms with van der Waals surface area (Å²) in [4.78, 5) is 7.30. The maximum atomic E-state index is 12.9. The van der Waals surface area contributed by atoms with Crippen LogP contribution in [0.3, 0.4) is 0 Å². The molecule has 2 atom stereocenters. The number of nitrogens with zero attached hydrogens (tertiary/aromatic N) is 2. The fraction of sp³-hybridized carbons (Fsp3) is 0.263. The van der Waals surface area contributed by atoms with E-state index in [1.807, 2.05) is 80.5 Å². The first-order valence-corrected chi connectivity index (χ1v) is 9.75. The van der Waals surface area contributed by atoms with Crippen molar-refractivity contribution in [1.29, 1.82) is 0 Å². The number of rotatable bonds is 4. The van der Waals surface area contributed by atoms with E-state index < -0.39 is 16.3 Å². The van der Waals surface area contributed by atoms with Crippen molar-refractivity contribution in [3.05, 3.63) is 65.7 Å². The van der Waals surface area contributed by atoms with Crippen LogP contribution in [0.5, 0.6) is 0 Å². The maximum absolute atomic E-state index is 12.9. The Hall–Kier alpha value is -2.05. The largest absolute Gasteiger partial charge is 0.377 e. The highest BCUT2D eigenvalue weighted by Gasteiger charge is 2.38. The molecule has 25 heavy (non-hydrogen) atoms. The number of anilines is 1. The summed E-state index contributed by atoms with van der Waals surface area (Å²) in [6, 6.07) is 17.8. The molecule has 0 radical (unpaired) electrons. The molecule has 0 saturated heterocycles. The van der Waals surface area contributed by atoms with E-state index in [1.165, 1.54) is 0 Å². The molecule has 2 aromatic carbocycles. The number of para-hydroxylation sites is 1. The van der Waals surface area contributed by atoms with Crippen molar-refractivity contribution in [3.63, 3.8) is 0 Å². The predicted molar refractivity (Wildman–Crippen MR) is 110 cm³/mol. The van der Waals surface area contributed by atoms with Gasteiger partial charge in [-0.15, -0.1) is 0 Å². The van der Waals surface area contributed by atoms with E-state index in [-0.39, 0.29) is 0 Å². The van der Waals surface area contributed by atoms with Crippen molar-refractivity contribution >= 4 is 38.9 Å². The summed E-state index contributed by atoms with van der Waals surface area (Å²) in [6.07, 6.45) is 0. The van der Waals surface area contributed by atoms with Crippen molar-refractivity contribution in [2.24, 2.45) is 4.99 Å². The van der Waals surface area contributed by atoms with Gasteiger partial charge in [0.25, 0.3) is 0 Å². The van der Waals surface area contributed by atoms with E-state index in [2.05, 4.69) is 5.32 Å². The van der Waals surface area contributed by atoms with Gasteiger partial charge in [-0.25, -0.2) is 4.99 Å². The van der Waals surface area contributed by atoms with Gasteiger partial charge in [-0.2, -0.15) is 0 Å². The molecule has 0 spiro atoms. The lowest BCUT2D eigenvalue weighted by molar-refractivity contribution is 0.686. The van der Waals surface area contributed by atoms with Crippen molar-refractivity contribution in [2.45, 2.75) is 18.2 Å². The highest BCUT2D eigenvalue weighted by molar-refractivity contribution is 8.00. The molecule has 0 bridgehead atoms. The Kier molecular flexibility index (Phi) is 5.01. The summed E-state index contributed by atoms with van der Waals surface area (Å²) < 4.78 is 12.9. The zero-order valence-electron chi connectivity index (χ0n) is 14.5. The van der Waals surface area contributed by atoms with Crippen LogP contribution < -0.4 is 10.2 Å². The van der Waals surface area contributed by atoms with Crippen molar-refractivity contribution in [3.8, 4) is 0 Å². The van der Waals surface area contributed by atoms with Gasteiger partial charge in [-0.1, -0.05) is 60.7 Å². The Morgan fingerprint density at radius 3 is 2.44 bits per heavy atom. The third kappa shape index (κ3) is 3.50. The van der Waals surface area contributed by atoms with E-state index in [0.29, 0.717) is 15.9 Å². The number of hydrogen-bond acceptors (Lipinski definition) is 4. The van der Waals surface area contributed by atoms with Crippen LogP contribution in [0.1, 0.15) is 18.1 Å². The van der Waals surface area contributed by atoms with Crippen molar-refractivity contribution in [1.82, 2.24) is 5.32 Å². The summed E-state index contributed by atoms with van der Waals surface area (Å²) in [5, 5.41) is 3.53. The molecule has 0 fully saturated rings. The van der Waals surface area contributed by atoms with Gasteiger partial charge in [0.15, 0.2) is 5.17 Å². The second-order valence-corrected chi connectivity index (χ2v) is 8.10. The molecule has 4 nitrogen and oxygen atoms in total. The minimum atomic E-state index is -1.29.